The van der Waals surface area contributed by atoms with Crippen LogP contribution < -0.4 is 0 Å². The average molecular weight is 634 g/mol. The van der Waals surface area contributed by atoms with Gasteiger partial charge in [0, 0.05) is 23.7 Å². The standard InChI is InChI=1S/C42H33F2N3O/c1-42(2,3)35-14-8-11-31(27-9-5-4-6-10-27)32(35)21-22-47-37-24-30(44)19-20-36(37)46-41(47)34-13-7-12-33-39-38(48-40(33)34)23-28(25-45-39)26-15-17-29(43)18-16-26/h4-20,23-25H,21-22H2,1-3H3. The van der Waals surface area contributed by atoms with Crippen molar-refractivity contribution in [1.82, 2.24) is 14.5 Å². The van der Waals surface area contributed by atoms with Gasteiger partial charge in [-0.1, -0.05) is 87.5 Å². The molecule has 0 atom stereocenters. The van der Waals surface area contributed by atoms with E-state index in [1.54, 1.807) is 30.5 Å². The maximum absolute atomic E-state index is 14.8. The summed E-state index contributed by atoms with van der Waals surface area (Å²) in [5.74, 6) is 0.102. The minimum atomic E-state index is -0.310. The number of aromatic nitrogens is 3. The highest BCUT2D eigenvalue weighted by Crippen LogP contribution is 2.39. The van der Waals surface area contributed by atoms with Crippen LogP contribution in [-0.2, 0) is 18.4 Å². The number of halogens is 2. The summed E-state index contributed by atoms with van der Waals surface area (Å²) in [5, 5.41) is 0.863. The molecule has 0 aliphatic carbocycles. The fourth-order valence-corrected chi connectivity index (χ4v) is 6.84. The first kappa shape index (κ1) is 29.8. The normalized spacial score (nSPS) is 12.0. The number of hydrogen-bond acceptors (Lipinski definition) is 3. The number of benzene rings is 5. The van der Waals surface area contributed by atoms with Crippen LogP contribution in [0.3, 0.4) is 0 Å². The zero-order valence-corrected chi connectivity index (χ0v) is 27.0. The van der Waals surface area contributed by atoms with Gasteiger partial charge in [-0.05, 0) is 88.2 Å². The van der Waals surface area contributed by atoms with Gasteiger partial charge < -0.3 is 8.98 Å². The number of imidazole rings is 1. The molecule has 0 amide bonds. The van der Waals surface area contributed by atoms with Crippen molar-refractivity contribution in [2.75, 3.05) is 0 Å². The van der Waals surface area contributed by atoms with Crippen LogP contribution in [0.5, 0.6) is 0 Å². The lowest BCUT2D eigenvalue weighted by Crippen LogP contribution is -2.16. The smallest absolute Gasteiger partial charge is 0.154 e. The molecule has 4 nitrogen and oxygen atoms in total. The first-order valence-corrected chi connectivity index (χ1v) is 16.2. The van der Waals surface area contributed by atoms with E-state index in [0.717, 1.165) is 33.1 Å². The average Bonchev–Trinajstić information content (AvgIpc) is 3.65. The zero-order valence-electron chi connectivity index (χ0n) is 27.0. The predicted octanol–water partition coefficient (Wildman–Crippen LogP) is 11.2. The topological polar surface area (TPSA) is 43.9 Å². The Morgan fingerprint density at radius 3 is 2.25 bits per heavy atom. The monoisotopic (exact) mass is 633 g/mol. The van der Waals surface area contributed by atoms with Crippen LogP contribution in [0.25, 0.3) is 66.7 Å². The second kappa shape index (κ2) is 11.6. The number of para-hydroxylation sites is 1. The van der Waals surface area contributed by atoms with Gasteiger partial charge in [0.1, 0.15) is 28.6 Å². The van der Waals surface area contributed by atoms with Gasteiger partial charge in [0.05, 0.1) is 16.6 Å². The third-order valence-corrected chi connectivity index (χ3v) is 9.12. The van der Waals surface area contributed by atoms with E-state index in [2.05, 4.69) is 67.8 Å². The number of pyridine rings is 1. The van der Waals surface area contributed by atoms with E-state index in [4.69, 9.17) is 14.4 Å². The fraction of sp³-hybridized carbons (Fsp3) is 0.143. The van der Waals surface area contributed by atoms with Crippen molar-refractivity contribution in [3.8, 4) is 33.6 Å². The molecule has 0 fully saturated rings. The van der Waals surface area contributed by atoms with Crippen molar-refractivity contribution >= 4 is 33.1 Å². The lowest BCUT2D eigenvalue weighted by Gasteiger charge is -2.26. The Morgan fingerprint density at radius 2 is 1.46 bits per heavy atom. The molecule has 3 heterocycles. The van der Waals surface area contributed by atoms with Gasteiger partial charge in [-0.15, -0.1) is 0 Å². The van der Waals surface area contributed by atoms with Crippen molar-refractivity contribution < 1.29 is 13.2 Å². The fourth-order valence-electron chi connectivity index (χ4n) is 6.84. The minimum Gasteiger partial charge on any atom is -0.454 e. The largest absolute Gasteiger partial charge is 0.454 e. The second-order valence-corrected chi connectivity index (χ2v) is 13.3. The van der Waals surface area contributed by atoms with Gasteiger partial charge >= 0.3 is 0 Å². The Kier molecular flexibility index (Phi) is 7.17. The molecule has 0 N–H and O–H groups in total. The summed E-state index contributed by atoms with van der Waals surface area (Å²) in [4.78, 5) is 9.82. The molecule has 0 unspecified atom stereocenters. The lowest BCUT2D eigenvalue weighted by atomic mass is 9.80. The molecular formula is C42H33F2N3O. The van der Waals surface area contributed by atoms with Gasteiger partial charge in [0.2, 0.25) is 0 Å². The zero-order chi connectivity index (χ0) is 33.0. The molecule has 5 aromatic carbocycles. The summed E-state index contributed by atoms with van der Waals surface area (Å²) < 4.78 is 37.0. The predicted molar refractivity (Wildman–Crippen MR) is 190 cm³/mol. The number of nitrogens with zero attached hydrogens (tertiary/aromatic N) is 3. The molecule has 0 radical (unpaired) electrons. The number of fused-ring (bicyclic) bond motifs is 4. The van der Waals surface area contributed by atoms with Gasteiger partial charge in [-0.25, -0.2) is 13.8 Å². The van der Waals surface area contributed by atoms with Crippen LogP contribution in [0.15, 0.2) is 126 Å². The van der Waals surface area contributed by atoms with Crippen molar-refractivity contribution in [3.05, 3.63) is 144 Å². The highest BCUT2D eigenvalue weighted by Gasteiger charge is 2.23. The van der Waals surface area contributed by atoms with Crippen LogP contribution in [0, 0.1) is 11.6 Å². The number of furan rings is 1. The van der Waals surface area contributed by atoms with Gasteiger partial charge in [-0.2, -0.15) is 0 Å². The van der Waals surface area contributed by atoms with E-state index < -0.39 is 0 Å². The van der Waals surface area contributed by atoms with E-state index >= 15 is 0 Å². The summed E-state index contributed by atoms with van der Waals surface area (Å²) in [6.45, 7) is 7.30. The Hall–Kier alpha value is -5.62. The summed E-state index contributed by atoms with van der Waals surface area (Å²) in [6, 6.07) is 36.0. The molecule has 8 aromatic rings. The van der Waals surface area contributed by atoms with E-state index in [1.807, 2.05) is 30.3 Å². The summed E-state index contributed by atoms with van der Waals surface area (Å²) in [7, 11) is 0. The molecule has 0 bridgehead atoms. The second-order valence-electron chi connectivity index (χ2n) is 13.3. The van der Waals surface area contributed by atoms with Crippen LogP contribution >= 0.6 is 0 Å². The first-order chi connectivity index (χ1) is 23.2. The Morgan fingerprint density at radius 1 is 0.708 bits per heavy atom. The summed E-state index contributed by atoms with van der Waals surface area (Å²) in [5.41, 5.74) is 10.8. The van der Waals surface area contributed by atoms with Crippen LogP contribution in [0.2, 0.25) is 0 Å². The molecule has 0 spiro atoms. The van der Waals surface area contributed by atoms with E-state index in [1.165, 1.54) is 40.5 Å². The summed E-state index contributed by atoms with van der Waals surface area (Å²) in [6.07, 6.45) is 2.50. The minimum absolute atomic E-state index is 0.0777. The number of aryl methyl sites for hydroxylation is 1. The van der Waals surface area contributed by atoms with E-state index in [0.29, 0.717) is 35.5 Å². The van der Waals surface area contributed by atoms with Crippen molar-refractivity contribution in [2.24, 2.45) is 0 Å². The van der Waals surface area contributed by atoms with Crippen molar-refractivity contribution in [3.63, 3.8) is 0 Å². The van der Waals surface area contributed by atoms with Gasteiger partial charge in [0.25, 0.3) is 0 Å². The molecule has 48 heavy (non-hydrogen) atoms. The quantitative estimate of drug-likeness (QED) is 0.183. The molecule has 0 saturated carbocycles. The van der Waals surface area contributed by atoms with Crippen LogP contribution in [0.1, 0.15) is 31.9 Å². The van der Waals surface area contributed by atoms with Crippen molar-refractivity contribution in [1.29, 1.82) is 0 Å². The Bertz CT molecular complexity index is 2450. The van der Waals surface area contributed by atoms with Crippen LogP contribution in [-0.4, -0.2) is 14.5 Å². The third kappa shape index (κ3) is 5.23. The van der Waals surface area contributed by atoms with Crippen molar-refractivity contribution in [2.45, 2.75) is 39.2 Å². The Labute approximate surface area is 277 Å². The number of hydrogen-bond donors (Lipinski definition) is 0. The first-order valence-electron chi connectivity index (χ1n) is 16.2. The Balaban J connectivity index is 1.28. The molecule has 0 aliphatic heterocycles. The summed E-state index contributed by atoms with van der Waals surface area (Å²) >= 11 is 0. The highest BCUT2D eigenvalue weighted by molar-refractivity contribution is 6.08. The maximum atomic E-state index is 14.8. The van der Waals surface area contributed by atoms with E-state index in [9.17, 15) is 8.78 Å². The van der Waals surface area contributed by atoms with Gasteiger partial charge in [0.15, 0.2) is 5.58 Å². The molecule has 3 aromatic heterocycles. The van der Waals surface area contributed by atoms with Crippen LogP contribution in [0.4, 0.5) is 8.78 Å². The molecular weight excluding hydrogens is 600 g/mol. The molecule has 0 aliphatic rings. The third-order valence-electron chi connectivity index (χ3n) is 9.12. The molecule has 8 rings (SSSR count). The SMILES string of the molecule is CC(C)(C)c1cccc(-c2ccccc2)c1CCn1c(-c2cccc3c2oc2cc(-c4ccc(F)cc4)cnc23)nc2ccc(F)cc21. The number of rotatable bonds is 6. The molecule has 6 heteroatoms. The maximum Gasteiger partial charge on any atom is 0.154 e. The molecule has 0 saturated heterocycles. The highest BCUT2D eigenvalue weighted by atomic mass is 19.1. The van der Waals surface area contributed by atoms with Gasteiger partial charge in [-0.3, -0.25) is 4.98 Å². The van der Waals surface area contributed by atoms with E-state index in [-0.39, 0.29) is 17.0 Å². The molecule has 236 valence electrons. The lowest BCUT2D eigenvalue weighted by molar-refractivity contribution is 0.577.